The van der Waals surface area contributed by atoms with Crippen LogP contribution in [0.3, 0.4) is 0 Å². The van der Waals surface area contributed by atoms with Gasteiger partial charge in [-0.3, -0.25) is 0 Å². The summed E-state index contributed by atoms with van der Waals surface area (Å²) in [5.74, 6) is -0.132. The van der Waals surface area contributed by atoms with Crippen molar-refractivity contribution in [2.24, 2.45) is 0 Å². The zero-order valence-electron chi connectivity index (χ0n) is 9.07. The monoisotopic (exact) mass is 244 g/mol. The number of carbonyl (C=O) groups is 1. The van der Waals surface area contributed by atoms with Crippen LogP contribution in [-0.2, 0) is 16.0 Å². The molecular weight excluding hydrogens is 232 g/mol. The van der Waals surface area contributed by atoms with Gasteiger partial charge in [-0.2, -0.15) is 0 Å². The molecule has 0 saturated carbocycles. The predicted octanol–water partition coefficient (Wildman–Crippen LogP) is 1.43. The number of rotatable bonds is 4. The molecule has 16 heavy (non-hydrogen) atoms. The van der Waals surface area contributed by atoms with Crippen molar-refractivity contribution in [1.82, 2.24) is 0 Å². The molecule has 0 heterocycles. The minimum Gasteiger partial charge on any atom is -0.496 e. The van der Waals surface area contributed by atoms with Crippen LogP contribution in [0.1, 0.15) is 5.56 Å². The van der Waals surface area contributed by atoms with Crippen molar-refractivity contribution < 1.29 is 19.4 Å². The van der Waals surface area contributed by atoms with Crippen LogP contribution in [-0.4, -0.2) is 31.4 Å². The molecular formula is C11H13ClO4. The maximum absolute atomic E-state index is 11.0. The summed E-state index contributed by atoms with van der Waals surface area (Å²) in [7, 11) is 2.73. The summed E-state index contributed by atoms with van der Waals surface area (Å²) in [6.45, 7) is 0. The van der Waals surface area contributed by atoms with E-state index in [4.69, 9.17) is 16.3 Å². The Morgan fingerprint density at radius 1 is 1.50 bits per heavy atom. The summed E-state index contributed by atoms with van der Waals surface area (Å²) in [5.41, 5.74) is 0.699. The Kier molecular flexibility index (Phi) is 4.58. The quantitative estimate of drug-likeness (QED) is 0.814. The van der Waals surface area contributed by atoms with Crippen LogP contribution in [0.4, 0.5) is 0 Å². The van der Waals surface area contributed by atoms with Crippen molar-refractivity contribution >= 4 is 17.6 Å². The van der Waals surface area contributed by atoms with E-state index in [2.05, 4.69) is 4.74 Å². The third-order valence-electron chi connectivity index (χ3n) is 2.14. The first-order chi connectivity index (χ1) is 7.58. The standard InChI is InChI=1S/C11H13ClO4/c1-15-10-6-8(12)4-3-7(10)5-9(13)11(14)16-2/h3-4,6,9,13H,5H2,1-2H3. The number of hydrogen-bond donors (Lipinski definition) is 1. The summed E-state index contributed by atoms with van der Waals surface area (Å²) in [5, 5.41) is 10.0. The lowest BCUT2D eigenvalue weighted by molar-refractivity contribution is -0.150. The van der Waals surface area contributed by atoms with Crippen molar-refractivity contribution in [3.8, 4) is 5.75 Å². The second kappa shape index (κ2) is 5.72. The van der Waals surface area contributed by atoms with Gasteiger partial charge < -0.3 is 14.6 Å². The van der Waals surface area contributed by atoms with E-state index in [0.29, 0.717) is 16.3 Å². The van der Waals surface area contributed by atoms with E-state index >= 15 is 0 Å². The van der Waals surface area contributed by atoms with E-state index in [1.165, 1.54) is 14.2 Å². The van der Waals surface area contributed by atoms with Crippen LogP contribution < -0.4 is 4.74 Å². The molecule has 1 unspecified atom stereocenters. The van der Waals surface area contributed by atoms with E-state index in [9.17, 15) is 9.90 Å². The zero-order chi connectivity index (χ0) is 12.1. The van der Waals surface area contributed by atoms with Crippen LogP contribution >= 0.6 is 11.6 Å². The molecule has 88 valence electrons. The first-order valence-electron chi connectivity index (χ1n) is 4.66. The van der Waals surface area contributed by atoms with Gasteiger partial charge in [0.05, 0.1) is 14.2 Å². The average Bonchev–Trinajstić information content (AvgIpc) is 2.30. The van der Waals surface area contributed by atoms with Crippen molar-refractivity contribution in [2.45, 2.75) is 12.5 Å². The molecule has 0 aliphatic carbocycles. The molecule has 1 N–H and O–H groups in total. The topological polar surface area (TPSA) is 55.8 Å². The van der Waals surface area contributed by atoms with Crippen molar-refractivity contribution in [2.75, 3.05) is 14.2 Å². The Morgan fingerprint density at radius 2 is 2.19 bits per heavy atom. The van der Waals surface area contributed by atoms with Gasteiger partial charge in [0.15, 0.2) is 6.10 Å². The van der Waals surface area contributed by atoms with E-state index in [1.807, 2.05) is 0 Å². The lowest BCUT2D eigenvalue weighted by Crippen LogP contribution is -2.24. The molecule has 0 aromatic heterocycles. The first-order valence-corrected chi connectivity index (χ1v) is 5.04. The Bertz CT molecular complexity index is 378. The van der Waals surface area contributed by atoms with Crippen LogP contribution in [0.2, 0.25) is 5.02 Å². The van der Waals surface area contributed by atoms with Gasteiger partial charge in [0.1, 0.15) is 5.75 Å². The number of carbonyl (C=O) groups excluding carboxylic acids is 1. The molecule has 0 radical (unpaired) electrons. The maximum atomic E-state index is 11.0. The highest BCUT2D eigenvalue weighted by molar-refractivity contribution is 6.30. The van der Waals surface area contributed by atoms with Gasteiger partial charge in [0.25, 0.3) is 0 Å². The molecule has 0 saturated heterocycles. The van der Waals surface area contributed by atoms with Gasteiger partial charge >= 0.3 is 5.97 Å². The molecule has 5 heteroatoms. The summed E-state index contributed by atoms with van der Waals surface area (Å²) in [6.07, 6.45) is -1.06. The van der Waals surface area contributed by atoms with Gasteiger partial charge in [-0.1, -0.05) is 17.7 Å². The minimum absolute atomic E-state index is 0.132. The second-order valence-electron chi connectivity index (χ2n) is 3.20. The number of aliphatic hydroxyl groups is 1. The van der Waals surface area contributed by atoms with E-state index < -0.39 is 12.1 Å². The lowest BCUT2D eigenvalue weighted by atomic mass is 10.1. The van der Waals surface area contributed by atoms with Gasteiger partial charge in [-0.05, 0) is 17.7 Å². The Labute approximate surface area is 98.7 Å². The SMILES string of the molecule is COC(=O)C(O)Cc1ccc(Cl)cc1OC. The number of methoxy groups -OCH3 is 2. The molecule has 0 spiro atoms. The van der Waals surface area contributed by atoms with Gasteiger partial charge in [0.2, 0.25) is 0 Å². The zero-order valence-corrected chi connectivity index (χ0v) is 9.82. The van der Waals surface area contributed by atoms with E-state index in [1.54, 1.807) is 18.2 Å². The summed E-state index contributed by atoms with van der Waals surface area (Å²) in [4.78, 5) is 11.0. The van der Waals surface area contributed by atoms with Gasteiger partial charge in [-0.15, -0.1) is 0 Å². The summed E-state index contributed by atoms with van der Waals surface area (Å²) >= 11 is 5.79. The molecule has 0 bridgehead atoms. The number of aliphatic hydroxyl groups excluding tert-OH is 1. The molecule has 1 atom stereocenters. The number of ether oxygens (including phenoxy) is 2. The summed E-state index contributed by atoms with van der Waals surface area (Å²) < 4.78 is 9.52. The number of benzene rings is 1. The summed E-state index contributed by atoms with van der Waals surface area (Å²) in [6, 6.07) is 5.00. The molecule has 0 aliphatic rings. The van der Waals surface area contributed by atoms with E-state index in [-0.39, 0.29) is 6.42 Å². The largest absolute Gasteiger partial charge is 0.496 e. The van der Waals surface area contributed by atoms with Crippen LogP contribution in [0.5, 0.6) is 5.75 Å². The van der Waals surface area contributed by atoms with Crippen LogP contribution in [0.15, 0.2) is 18.2 Å². The molecule has 4 nitrogen and oxygen atoms in total. The fourth-order valence-electron chi connectivity index (χ4n) is 1.31. The number of hydrogen-bond acceptors (Lipinski definition) is 4. The molecule has 1 rings (SSSR count). The minimum atomic E-state index is -1.19. The second-order valence-corrected chi connectivity index (χ2v) is 3.64. The van der Waals surface area contributed by atoms with Crippen molar-refractivity contribution in [3.63, 3.8) is 0 Å². The third-order valence-corrected chi connectivity index (χ3v) is 2.37. The molecule has 1 aromatic carbocycles. The van der Waals surface area contributed by atoms with Crippen LogP contribution in [0.25, 0.3) is 0 Å². The Morgan fingerprint density at radius 3 is 2.75 bits per heavy atom. The highest BCUT2D eigenvalue weighted by Gasteiger charge is 2.18. The average molecular weight is 245 g/mol. The normalized spacial score (nSPS) is 12.0. The van der Waals surface area contributed by atoms with Gasteiger partial charge in [0, 0.05) is 11.4 Å². The van der Waals surface area contributed by atoms with Crippen molar-refractivity contribution in [1.29, 1.82) is 0 Å². The predicted molar refractivity (Wildman–Crippen MR) is 59.7 cm³/mol. The number of halogens is 1. The van der Waals surface area contributed by atoms with Crippen molar-refractivity contribution in [3.05, 3.63) is 28.8 Å². The highest BCUT2D eigenvalue weighted by Crippen LogP contribution is 2.24. The van der Waals surface area contributed by atoms with E-state index in [0.717, 1.165) is 0 Å². The van der Waals surface area contributed by atoms with Crippen LogP contribution in [0, 0.1) is 0 Å². The lowest BCUT2D eigenvalue weighted by Gasteiger charge is -2.11. The molecule has 0 amide bonds. The fourth-order valence-corrected chi connectivity index (χ4v) is 1.48. The highest BCUT2D eigenvalue weighted by atomic mass is 35.5. The maximum Gasteiger partial charge on any atom is 0.335 e. The number of esters is 1. The van der Waals surface area contributed by atoms with Gasteiger partial charge in [-0.25, -0.2) is 4.79 Å². The third kappa shape index (κ3) is 3.12. The Balaban J connectivity index is 2.84. The molecule has 0 fully saturated rings. The first kappa shape index (κ1) is 12.8. The Hall–Kier alpha value is -1.26. The fraction of sp³-hybridized carbons (Fsp3) is 0.364. The molecule has 0 aliphatic heterocycles. The smallest absolute Gasteiger partial charge is 0.335 e. The molecule has 1 aromatic rings.